The summed E-state index contributed by atoms with van der Waals surface area (Å²) in [6.45, 7) is 1.11. The molecule has 10 heteroatoms. The molecule has 30 heavy (non-hydrogen) atoms. The van der Waals surface area contributed by atoms with Gasteiger partial charge in [-0.25, -0.2) is 17.5 Å². The second kappa shape index (κ2) is 8.47. The molecule has 0 unspecified atom stereocenters. The molecule has 0 bridgehead atoms. The van der Waals surface area contributed by atoms with Crippen LogP contribution in [-0.4, -0.2) is 45.3 Å². The third kappa shape index (κ3) is 4.33. The van der Waals surface area contributed by atoms with Crippen LogP contribution < -0.4 is 5.32 Å². The van der Waals surface area contributed by atoms with Crippen molar-refractivity contribution in [2.45, 2.75) is 11.8 Å². The van der Waals surface area contributed by atoms with Gasteiger partial charge < -0.3 is 14.5 Å². The number of para-hydroxylation sites is 1. The van der Waals surface area contributed by atoms with Gasteiger partial charge in [0.1, 0.15) is 0 Å². The van der Waals surface area contributed by atoms with Gasteiger partial charge in [0.05, 0.1) is 9.92 Å². The Balaban J connectivity index is 1.68. The van der Waals surface area contributed by atoms with Crippen LogP contribution in [-0.2, 0) is 19.6 Å². The average molecular weight is 451 g/mol. The number of furan rings is 1. The van der Waals surface area contributed by atoms with Gasteiger partial charge in [0.2, 0.25) is 15.8 Å². The molecule has 0 aliphatic rings. The predicted octanol–water partition coefficient (Wildman–Crippen LogP) is 3.44. The van der Waals surface area contributed by atoms with Gasteiger partial charge in [-0.1, -0.05) is 29.8 Å². The molecule has 3 aromatic rings. The molecule has 1 N–H and O–H groups in total. The van der Waals surface area contributed by atoms with Gasteiger partial charge in [-0.15, -0.1) is 0 Å². The van der Waals surface area contributed by atoms with Gasteiger partial charge in [0.15, 0.2) is 12.2 Å². The fraction of sp³-hybridized carbons (Fsp3) is 0.200. The number of hydrogen-bond acceptors (Lipinski definition) is 6. The van der Waals surface area contributed by atoms with E-state index in [2.05, 4.69) is 5.32 Å². The number of sulfonamides is 1. The lowest BCUT2D eigenvalue weighted by Crippen LogP contribution is -2.23. The highest BCUT2D eigenvalue weighted by molar-refractivity contribution is 7.89. The van der Waals surface area contributed by atoms with Crippen molar-refractivity contribution < 1.29 is 27.2 Å². The van der Waals surface area contributed by atoms with Crippen molar-refractivity contribution in [3.05, 3.63) is 58.8 Å². The number of ether oxygens (including phenoxy) is 1. The molecule has 1 heterocycles. The minimum atomic E-state index is -3.64. The first kappa shape index (κ1) is 21.8. The summed E-state index contributed by atoms with van der Waals surface area (Å²) >= 11 is 6.07. The van der Waals surface area contributed by atoms with E-state index in [4.69, 9.17) is 20.8 Å². The Kier molecular flexibility index (Phi) is 6.16. The maximum Gasteiger partial charge on any atom is 0.375 e. The highest BCUT2D eigenvalue weighted by Crippen LogP contribution is 2.31. The van der Waals surface area contributed by atoms with Crippen molar-refractivity contribution in [2.24, 2.45) is 0 Å². The summed E-state index contributed by atoms with van der Waals surface area (Å²) in [6.07, 6.45) is 0. The first-order valence-electron chi connectivity index (χ1n) is 8.78. The quantitative estimate of drug-likeness (QED) is 0.576. The summed E-state index contributed by atoms with van der Waals surface area (Å²) < 4.78 is 36.0. The van der Waals surface area contributed by atoms with Crippen LogP contribution in [0.4, 0.5) is 5.69 Å². The van der Waals surface area contributed by atoms with E-state index in [9.17, 15) is 18.0 Å². The van der Waals surface area contributed by atoms with Crippen molar-refractivity contribution in [1.82, 2.24) is 4.31 Å². The molecule has 8 nitrogen and oxygen atoms in total. The first-order chi connectivity index (χ1) is 14.1. The number of esters is 1. The average Bonchev–Trinajstić information content (AvgIpc) is 3.04. The number of carbonyl (C=O) groups is 2. The number of carbonyl (C=O) groups excluding carboxylic acids is 2. The summed E-state index contributed by atoms with van der Waals surface area (Å²) in [5.74, 6) is -1.47. The van der Waals surface area contributed by atoms with Gasteiger partial charge in [-0.05, 0) is 31.2 Å². The number of anilines is 1. The van der Waals surface area contributed by atoms with E-state index < -0.39 is 28.5 Å². The molecule has 158 valence electrons. The van der Waals surface area contributed by atoms with Crippen LogP contribution in [0.5, 0.6) is 0 Å². The molecule has 0 fully saturated rings. The maximum atomic E-state index is 12.3. The van der Waals surface area contributed by atoms with E-state index >= 15 is 0 Å². The standard InChI is InChI=1S/C20H19ClN2O6S/c1-12-15-8-5-9-16(21)19(15)29-18(12)20(25)28-11-17(24)22-13-6-4-7-14(10-13)30(26,27)23(2)3/h4-10H,11H2,1-3H3,(H,22,24). The van der Waals surface area contributed by atoms with Crippen LogP contribution in [0.3, 0.4) is 0 Å². The highest BCUT2D eigenvalue weighted by atomic mass is 35.5. The number of aryl methyl sites for hydroxylation is 1. The molecule has 3 rings (SSSR count). The zero-order chi connectivity index (χ0) is 22.1. The number of nitrogens with one attached hydrogen (secondary N) is 1. The van der Waals surface area contributed by atoms with Gasteiger partial charge >= 0.3 is 5.97 Å². The van der Waals surface area contributed by atoms with Crippen LogP contribution in [0.25, 0.3) is 11.0 Å². The van der Waals surface area contributed by atoms with Gasteiger partial charge in [0, 0.05) is 30.7 Å². The topological polar surface area (TPSA) is 106 Å². The van der Waals surface area contributed by atoms with Crippen LogP contribution in [0, 0.1) is 6.92 Å². The van der Waals surface area contributed by atoms with E-state index in [1.165, 1.54) is 38.4 Å². The largest absolute Gasteiger partial charge is 0.450 e. The molecule has 0 saturated heterocycles. The Labute approximate surface area is 178 Å². The number of amides is 1. The molecule has 1 aromatic heterocycles. The second-order valence-corrected chi connectivity index (χ2v) is 9.17. The Morgan fingerprint density at radius 3 is 2.53 bits per heavy atom. The number of nitrogens with zero attached hydrogens (tertiary/aromatic N) is 1. The molecular formula is C20H19ClN2O6S. The predicted molar refractivity (Wildman–Crippen MR) is 112 cm³/mol. The third-order valence-electron chi connectivity index (χ3n) is 4.33. The van der Waals surface area contributed by atoms with Crippen molar-refractivity contribution in [1.29, 1.82) is 0 Å². The number of halogens is 1. The molecule has 0 aliphatic carbocycles. The minimum Gasteiger partial charge on any atom is -0.450 e. The van der Waals surface area contributed by atoms with E-state index in [1.54, 1.807) is 25.1 Å². The summed E-state index contributed by atoms with van der Waals surface area (Å²) in [5.41, 5.74) is 1.18. The molecule has 0 spiro atoms. The molecule has 0 saturated carbocycles. The molecule has 0 atom stereocenters. The maximum absolute atomic E-state index is 12.3. The summed E-state index contributed by atoms with van der Waals surface area (Å²) in [5, 5.41) is 3.54. The monoisotopic (exact) mass is 450 g/mol. The number of benzene rings is 2. The van der Waals surface area contributed by atoms with Crippen molar-refractivity contribution in [3.63, 3.8) is 0 Å². The Morgan fingerprint density at radius 2 is 1.87 bits per heavy atom. The van der Waals surface area contributed by atoms with E-state index in [0.29, 0.717) is 21.6 Å². The lowest BCUT2D eigenvalue weighted by molar-refractivity contribution is -0.119. The molecule has 2 aromatic carbocycles. The molecule has 0 radical (unpaired) electrons. The van der Waals surface area contributed by atoms with Gasteiger partial charge in [-0.2, -0.15) is 0 Å². The Morgan fingerprint density at radius 1 is 1.17 bits per heavy atom. The van der Waals surface area contributed by atoms with Crippen molar-refractivity contribution >= 4 is 50.2 Å². The summed E-state index contributed by atoms with van der Waals surface area (Å²) in [7, 11) is -0.825. The molecule has 0 aliphatic heterocycles. The minimum absolute atomic E-state index is 0.0251. The molecule has 1 amide bonds. The van der Waals surface area contributed by atoms with Crippen LogP contribution in [0.2, 0.25) is 5.02 Å². The zero-order valence-corrected chi connectivity index (χ0v) is 18.0. The van der Waals surface area contributed by atoms with E-state index in [0.717, 1.165) is 4.31 Å². The van der Waals surface area contributed by atoms with Crippen LogP contribution in [0.15, 0.2) is 51.8 Å². The lowest BCUT2D eigenvalue weighted by atomic mass is 10.1. The van der Waals surface area contributed by atoms with Gasteiger partial charge in [0.25, 0.3) is 5.91 Å². The second-order valence-electron chi connectivity index (χ2n) is 6.61. The molecular weight excluding hydrogens is 432 g/mol. The fourth-order valence-electron chi connectivity index (χ4n) is 2.74. The summed E-state index contributed by atoms with van der Waals surface area (Å²) in [6, 6.07) is 10.9. The van der Waals surface area contributed by atoms with E-state index in [-0.39, 0.29) is 16.3 Å². The SMILES string of the molecule is Cc1c(C(=O)OCC(=O)Nc2cccc(S(=O)(=O)N(C)C)c2)oc2c(Cl)cccc12. The van der Waals surface area contributed by atoms with Crippen LogP contribution >= 0.6 is 11.6 Å². The normalized spacial score (nSPS) is 11.6. The van der Waals surface area contributed by atoms with E-state index in [1.807, 2.05) is 0 Å². The third-order valence-corrected chi connectivity index (χ3v) is 6.44. The zero-order valence-electron chi connectivity index (χ0n) is 16.4. The van der Waals surface area contributed by atoms with Crippen molar-refractivity contribution in [2.75, 3.05) is 26.0 Å². The Hall–Kier alpha value is -2.88. The highest BCUT2D eigenvalue weighted by Gasteiger charge is 2.22. The van der Waals surface area contributed by atoms with Crippen LogP contribution in [0.1, 0.15) is 16.1 Å². The number of hydrogen-bond donors (Lipinski definition) is 1. The number of rotatable bonds is 6. The lowest BCUT2D eigenvalue weighted by Gasteiger charge is -2.12. The smallest absolute Gasteiger partial charge is 0.375 e. The fourth-order valence-corrected chi connectivity index (χ4v) is 3.90. The Bertz CT molecular complexity index is 1230. The van der Waals surface area contributed by atoms with Crippen molar-refractivity contribution in [3.8, 4) is 0 Å². The number of fused-ring (bicyclic) bond motifs is 1. The summed E-state index contributed by atoms with van der Waals surface area (Å²) in [4.78, 5) is 24.5. The first-order valence-corrected chi connectivity index (χ1v) is 10.6. The van der Waals surface area contributed by atoms with Gasteiger partial charge in [-0.3, -0.25) is 4.79 Å².